The zero-order valence-corrected chi connectivity index (χ0v) is 16.1. The van der Waals surface area contributed by atoms with Crippen molar-refractivity contribution in [2.45, 2.75) is 65.1 Å². The van der Waals surface area contributed by atoms with Gasteiger partial charge in [-0.15, -0.1) is 0 Å². The van der Waals surface area contributed by atoms with E-state index in [2.05, 4.69) is 88.8 Å². The predicted molar refractivity (Wildman–Crippen MR) is 90.7 cm³/mol. The molecule has 1 rings (SSSR count). The molecule has 0 spiro atoms. The van der Waals surface area contributed by atoms with Crippen molar-refractivity contribution in [3.05, 3.63) is 28.2 Å². The first kappa shape index (κ1) is 16.8. The van der Waals surface area contributed by atoms with Gasteiger partial charge in [0.15, 0.2) is 0 Å². The van der Waals surface area contributed by atoms with Gasteiger partial charge < -0.3 is 4.43 Å². The van der Waals surface area contributed by atoms with Crippen LogP contribution in [0.2, 0.25) is 18.1 Å². The smallest absolute Gasteiger partial charge is 0.250 e. The molecule has 1 aromatic rings. The molecule has 0 aliphatic heterocycles. The maximum atomic E-state index is 6.55. The average Bonchev–Trinajstić information content (AvgIpc) is 2.17. The molecule has 0 saturated heterocycles. The van der Waals surface area contributed by atoms with Crippen LogP contribution in [-0.2, 0) is 5.41 Å². The first-order valence-electron chi connectivity index (χ1n) is 6.84. The van der Waals surface area contributed by atoms with Gasteiger partial charge in [-0.1, -0.05) is 53.7 Å². The highest BCUT2D eigenvalue weighted by atomic mass is 79.9. The second-order valence-electron chi connectivity index (χ2n) is 7.73. The van der Waals surface area contributed by atoms with Crippen molar-refractivity contribution in [1.82, 2.24) is 0 Å². The Bertz CT molecular complexity index is 453. The summed E-state index contributed by atoms with van der Waals surface area (Å²) in [6, 6.07) is 6.33. The molecule has 0 fully saturated rings. The molecule has 0 aromatic heterocycles. The quantitative estimate of drug-likeness (QED) is 0.587. The Morgan fingerprint density at radius 1 is 1.00 bits per heavy atom. The molecule has 19 heavy (non-hydrogen) atoms. The van der Waals surface area contributed by atoms with Gasteiger partial charge in [0.1, 0.15) is 5.75 Å². The molecule has 0 bridgehead atoms. The Morgan fingerprint density at radius 2 is 1.53 bits per heavy atom. The summed E-state index contributed by atoms with van der Waals surface area (Å²) in [4.78, 5) is 0. The van der Waals surface area contributed by atoms with E-state index in [-0.39, 0.29) is 10.5 Å². The molecule has 0 heterocycles. The highest BCUT2D eigenvalue weighted by molar-refractivity contribution is 9.10. The number of halogens is 1. The van der Waals surface area contributed by atoms with Crippen molar-refractivity contribution in [2.24, 2.45) is 0 Å². The van der Waals surface area contributed by atoms with Crippen LogP contribution in [0.4, 0.5) is 0 Å². The van der Waals surface area contributed by atoms with Crippen LogP contribution >= 0.6 is 15.9 Å². The van der Waals surface area contributed by atoms with Crippen molar-refractivity contribution in [3.8, 4) is 5.75 Å². The summed E-state index contributed by atoms with van der Waals surface area (Å²) in [6.45, 7) is 18.1. The zero-order chi connectivity index (χ0) is 15.1. The molecule has 1 nitrogen and oxygen atoms in total. The van der Waals surface area contributed by atoms with E-state index in [0.717, 1.165) is 10.2 Å². The summed E-state index contributed by atoms with van der Waals surface area (Å²) in [5.41, 5.74) is 1.35. The monoisotopic (exact) mass is 342 g/mol. The van der Waals surface area contributed by atoms with Gasteiger partial charge in [-0.2, -0.15) is 0 Å². The Kier molecular flexibility index (Phi) is 4.63. The number of benzene rings is 1. The first-order chi connectivity index (χ1) is 8.36. The number of hydrogen-bond acceptors (Lipinski definition) is 1. The third-order valence-corrected chi connectivity index (χ3v) is 8.89. The van der Waals surface area contributed by atoms with Crippen LogP contribution < -0.4 is 4.43 Å². The van der Waals surface area contributed by atoms with E-state index in [9.17, 15) is 0 Å². The molecule has 0 N–H and O–H groups in total. The van der Waals surface area contributed by atoms with E-state index in [4.69, 9.17) is 4.43 Å². The summed E-state index contributed by atoms with van der Waals surface area (Å²) in [7, 11) is -1.82. The van der Waals surface area contributed by atoms with Gasteiger partial charge in [-0.3, -0.25) is 0 Å². The maximum Gasteiger partial charge on any atom is 0.250 e. The molecule has 0 radical (unpaired) electrons. The minimum Gasteiger partial charge on any atom is -0.543 e. The molecular formula is C16H27BrOSi. The van der Waals surface area contributed by atoms with Crippen molar-refractivity contribution in [1.29, 1.82) is 0 Å². The SMILES string of the molecule is CC(C)(C)c1cccc(Br)c1O[Si](C)(C)C(C)(C)C. The van der Waals surface area contributed by atoms with Crippen LogP contribution in [0.3, 0.4) is 0 Å². The molecule has 1 aromatic carbocycles. The summed E-state index contributed by atoms with van der Waals surface area (Å²) in [5.74, 6) is 1.03. The van der Waals surface area contributed by atoms with E-state index in [0.29, 0.717) is 0 Å². The van der Waals surface area contributed by atoms with Crippen LogP contribution in [0.1, 0.15) is 47.1 Å². The lowest BCUT2D eigenvalue weighted by molar-refractivity contribution is 0.466. The van der Waals surface area contributed by atoms with Crippen LogP contribution in [0.25, 0.3) is 0 Å². The normalized spacial score (nSPS) is 13.5. The van der Waals surface area contributed by atoms with Crippen LogP contribution in [0, 0.1) is 0 Å². The number of para-hydroxylation sites is 1. The largest absolute Gasteiger partial charge is 0.543 e. The Hall–Kier alpha value is -0.283. The fourth-order valence-electron chi connectivity index (χ4n) is 1.61. The van der Waals surface area contributed by atoms with Gasteiger partial charge in [0, 0.05) is 0 Å². The van der Waals surface area contributed by atoms with Crippen molar-refractivity contribution in [2.75, 3.05) is 0 Å². The summed E-state index contributed by atoms with van der Waals surface area (Å²) in [6.07, 6.45) is 0. The molecule has 0 amide bonds. The molecule has 0 aliphatic carbocycles. The van der Waals surface area contributed by atoms with Crippen LogP contribution in [0.5, 0.6) is 5.75 Å². The van der Waals surface area contributed by atoms with Crippen molar-refractivity contribution >= 4 is 24.2 Å². The Labute approximate surface area is 128 Å². The van der Waals surface area contributed by atoms with E-state index in [1.807, 2.05) is 0 Å². The lowest BCUT2D eigenvalue weighted by atomic mass is 9.86. The van der Waals surface area contributed by atoms with Crippen molar-refractivity contribution in [3.63, 3.8) is 0 Å². The van der Waals surface area contributed by atoms with Gasteiger partial charge in [0.2, 0.25) is 0 Å². The van der Waals surface area contributed by atoms with Crippen LogP contribution in [0.15, 0.2) is 22.7 Å². The summed E-state index contributed by atoms with van der Waals surface area (Å²) < 4.78 is 7.61. The number of hydrogen-bond donors (Lipinski definition) is 0. The van der Waals surface area contributed by atoms with E-state index in [1.54, 1.807) is 0 Å². The molecule has 0 atom stereocenters. The first-order valence-corrected chi connectivity index (χ1v) is 10.5. The summed E-state index contributed by atoms with van der Waals surface area (Å²) >= 11 is 3.66. The lowest BCUT2D eigenvalue weighted by Gasteiger charge is -2.38. The van der Waals surface area contributed by atoms with Gasteiger partial charge in [0.05, 0.1) is 4.47 Å². The van der Waals surface area contributed by atoms with Gasteiger partial charge >= 0.3 is 0 Å². The van der Waals surface area contributed by atoms with E-state index >= 15 is 0 Å². The fraction of sp³-hybridized carbons (Fsp3) is 0.625. The lowest BCUT2D eigenvalue weighted by Crippen LogP contribution is -2.44. The highest BCUT2D eigenvalue weighted by Crippen LogP contribution is 2.43. The fourth-order valence-corrected chi connectivity index (χ4v) is 3.24. The zero-order valence-electron chi connectivity index (χ0n) is 13.5. The second-order valence-corrected chi connectivity index (χ2v) is 13.3. The summed E-state index contributed by atoms with van der Waals surface area (Å²) in [5, 5.41) is 0.206. The van der Waals surface area contributed by atoms with E-state index < -0.39 is 8.32 Å². The van der Waals surface area contributed by atoms with Crippen LogP contribution in [-0.4, -0.2) is 8.32 Å². The average molecular weight is 343 g/mol. The minimum absolute atomic E-state index is 0.0848. The molecule has 108 valence electrons. The van der Waals surface area contributed by atoms with E-state index in [1.165, 1.54) is 5.56 Å². The highest BCUT2D eigenvalue weighted by Gasteiger charge is 2.40. The third kappa shape index (κ3) is 3.85. The molecular weight excluding hydrogens is 316 g/mol. The van der Waals surface area contributed by atoms with Gasteiger partial charge in [-0.25, -0.2) is 0 Å². The van der Waals surface area contributed by atoms with Crippen molar-refractivity contribution < 1.29 is 4.43 Å². The number of rotatable bonds is 2. The third-order valence-electron chi connectivity index (χ3n) is 3.94. The predicted octanol–water partition coefficient (Wildman–Crippen LogP) is 6.13. The Balaban J connectivity index is 3.29. The van der Waals surface area contributed by atoms with Gasteiger partial charge in [-0.05, 0) is 51.1 Å². The van der Waals surface area contributed by atoms with Gasteiger partial charge in [0.25, 0.3) is 8.32 Å². The molecule has 0 aliphatic rings. The minimum atomic E-state index is -1.82. The Morgan fingerprint density at radius 3 is 1.95 bits per heavy atom. The second kappa shape index (κ2) is 5.25. The molecule has 0 unspecified atom stereocenters. The maximum absolute atomic E-state index is 6.55. The standard InChI is InChI=1S/C16H27BrOSi/c1-15(2,3)12-10-9-11-13(17)14(12)18-19(7,8)16(4,5)6/h9-11H,1-8H3. The molecule has 0 saturated carbocycles. The topological polar surface area (TPSA) is 9.23 Å². The molecule has 3 heteroatoms.